The molecule has 0 amide bonds. The Balaban J connectivity index is 1.69. The van der Waals surface area contributed by atoms with Gasteiger partial charge in [0, 0.05) is 45.8 Å². The molecule has 7 nitrogen and oxygen atoms in total. The van der Waals surface area contributed by atoms with Crippen molar-refractivity contribution in [1.29, 1.82) is 0 Å². The average Bonchev–Trinajstić information content (AvgIpc) is 3.45. The van der Waals surface area contributed by atoms with Crippen molar-refractivity contribution in [2.24, 2.45) is 10.9 Å². The number of sulfonamides is 1. The molecule has 1 aliphatic carbocycles. The summed E-state index contributed by atoms with van der Waals surface area (Å²) in [5.41, 5.74) is -5.23. The number of aliphatic imine (C=N–C) groups is 1. The number of likely N-dealkylation sites (N-methyl/N-ethyl adjacent to an activating group) is 1. The van der Waals surface area contributed by atoms with Gasteiger partial charge in [-0.2, -0.15) is 17.5 Å². The highest BCUT2D eigenvalue weighted by atomic mass is 32.2. The molecule has 1 heterocycles. The average molecular weight is 414 g/mol. The molecular formula is C16H30F3N5O2S. The molecule has 0 radical (unpaired) electrons. The second-order valence-electron chi connectivity index (χ2n) is 7.03. The van der Waals surface area contributed by atoms with Crippen LogP contribution in [0, 0.1) is 5.92 Å². The Hall–Kier alpha value is -1.07. The number of alkyl halides is 3. The van der Waals surface area contributed by atoms with E-state index in [2.05, 4.69) is 27.4 Å². The molecule has 158 valence electrons. The highest BCUT2D eigenvalue weighted by molar-refractivity contribution is 7.90. The van der Waals surface area contributed by atoms with Gasteiger partial charge in [-0.25, -0.2) is 8.42 Å². The molecule has 27 heavy (non-hydrogen) atoms. The van der Waals surface area contributed by atoms with E-state index in [0.29, 0.717) is 35.7 Å². The molecule has 2 fully saturated rings. The van der Waals surface area contributed by atoms with Crippen LogP contribution in [0.15, 0.2) is 4.99 Å². The Bertz CT molecular complexity index is 600. The molecule has 1 saturated heterocycles. The lowest BCUT2D eigenvalue weighted by molar-refractivity contribution is -0.0496. The molecule has 1 aliphatic heterocycles. The van der Waals surface area contributed by atoms with E-state index in [-0.39, 0.29) is 19.0 Å². The summed E-state index contributed by atoms with van der Waals surface area (Å²) in [6.07, 6.45) is 3.32. The number of guanidine groups is 1. The van der Waals surface area contributed by atoms with Crippen LogP contribution in [-0.4, -0.2) is 81.4 Å². The van der Waals surface area contributed by atoms with E-state index >= 15 is 0 Å². The maximum Gasteiger partial charge on any atom is 0.511 e. The number of hydrogen-bond acceptors (Lipinski definition) is 4. The Kier molecular flexibility index (Phi) is 7.75. The van der Waals surface area contributed by atoms with Gasteiger partial charge < -0.3 is 10.6 Å². The molecule has 2 rings (SSSR count). The summed E-state index contributed by atoms with van der Waals surface area (Å²) in [7, 11) is -3.54. The lowest BCUT2D eigenvalue weighted by Gasteiger charge is -2.31. The third-order valence-corrected chi connectivity index (χ3v) is 6.78. The highest BCUT2D eigenvalue weighted by Gasteiger charge is 2.50. The number of hydrogen-bond donors (Lipinski definition) is 2. The summed E-state index contributed by atoms with van der Waals surface area (Å²) in [5.74, 6) is 0.772. The topological polar surface area (TPSA) is 77.0 Å². The standard InChI is InChI=1S/C16H30F3N5O2S/c1-3-23(14-4-5-14)11-8-21-15(20-2)22-12-13-6-9-24(10-7-13)27(25,26)16(17,18)19/h13-14H,3-12H2,1-2H3,(H2,20,21,22). The Labute approximate surface area is 159 Å². The van der Waals surface area contributed by atoms with Crippen molar-refractivity contribution in [1.82, 2.24) is 19.8 Å². The van der Waals surface area contributed by atoms with Gasteiger partial charge in [-0.3, -0.25) is 9.89 Å². The SMILES string of the molecule is CCN(CCNC(=NC)NCC1CCN(S(=O)(=O)C(F)(F)F)CC1)C1CC1. The van der Waals surface area contributed by atoms with E-state index in [1.165, 1.54) is 12.8 Å². The molecule has 2 aliphatic rings. The van der Waals surface area contributed by atoms with Crippen LogP contribution in [0.3, 0.4) is 0 Å². The van der Waals surface area contributed by atoms with Crippen LogP contribution in [0.4, 0.5) is 13.2 Å². The molecule has 0 spiro atoms. The fourth-order valence-corrected chi connectivity index (χ4v) is 4.30. The van der Waals surface area contributed by atoms with Crippen molar-refractivity contribution in [2.45, 2.75) is 44.2 Å². The second kappa shape index (κ2) is 9.42. The smallest absolute Gasteiger partial charge is 0.356 e. The zero-order chi connectivity index (χ0) is 20.1. The minimum atomic E-state index is -5.23. The van der Waals surface area contributed by atoms with Crippen LogP contribution >= 0.6 is 0 Å². The predicted molar refractivity (Wildman–Crippen MR) is 98.9 cm³/mol. The van der Waals surface area contributed by atoms with Crippen LogP contribution in [0.5, 0.6) is 0 Å². The zero-order valence-corrected chi connectivity index (χ0v) is 16.7. The largest absolute Gasteiger partial charge is 0.511 e. The molecule has 11 heteroatoms. The summed E-state index contributed by atoms with van der Waals surface area (Å²) in [4.78, 5) is 6.59. The quantitative estimate of drug-likeness (QED) is 0.462. The normalized spacial score (nSPS) is 20.9. The minimum Gasteiger partial charge on any atom is -0.356 e. The van der Waals surface area contributed by atoms with E-state index in [1.807, 2.05) is 0 Å². The van der Waals surface area contributed by atoms with Crippen molar-refractivity contribution in [2.75, 3.05) is 46.3 Å². The minimum absolute atomic E-state index is 0.104. The molecule has 0 aromatic heterocycles. The van der Waals surface area contributed by atoms with Gasteiger partial charge in [-0.15, -0.1) is 0 Å². The number of nitrogens with one attached hydrogen (secondary N) is 2. The predicted octanol–water partition coefficient (Wildman–Crippen LogP) is 1.20. The number of nitrogens with zero attached hydrogens (tertiary/aromatic N) is 3. The first-order chi connectivity index (χ1) is 12.7. The number of piperidine rings is 1. The molecule has 0 atom stereocenters. The molecule has 1 saturated carbocycles. The summed E-state index contributed by atoms with van der Waals surface area (Å²) in [6, 6.07) is 0.713. The molecule has 0 bridgehead atoms. The van der Waals surface area contributed by atoms with Crippen molar-refractivity contribution >= 4 is 16.0 Å². The van der Waals surface area contributed by atoms with Crippen LogP contribution in [0.25, 0.3) is 0 Å². The van der Waals surface area contributed by atoms with Gasteiger partial charge in [-0.1, -0.05) is 6.92 Å². The van der Waals surface area contributed by atoms with E-state index < -0.39 is 15.5 Å². The van der Waals surface area contributed by atoms with Gasteiger partial charge in [0.1, 0.15) is 0 Å². The van der Waals surface area contributed by atoms with Gasteiger partial charge in [0.05, 0.1) is 0 Å². The van der Waals surface area contributed by atoms with Gasteiger partial charge in [0.25, 0.3) is 0 Å². The monoisotopic (exact) mass is 413 g/mol. The van der Waals surface area contributed by atoms with Gasteiger partial charge in [-0.05, 0) is 38.1 Å². The van der Waals surface area contributed by atoms with E-state index in [1.54, 1.807) is 7.05 Å². The Morgan fingerprint density at radius 2 is 1.81 bits per heavy atom. The Morgan fingerprint density at radius 1 is 1.19 bits per heavy atom. The third-order valence-electron chi connectivity index (χ3n) is 5.15. The van der Waals surface area contributed by atoms with E-state index in [0.717, 1.165) is 19.6 Å². The van der Waals surface area contributed by atoms with Gasteiger partial charge >= 0.3 is 15.5 Å². The van der Waals surface area contributed by atoms with Crippen LogP contribution in [0.2, 0.25) is 0 Å². The van der Waals surface area contributed by atoms with Crippen LogP contribution in [-0.2, 0) is 10.0 Å². The fraction of sp³-hybridized carbons (Fsp3) is 0.938. The lowest BCUT2D eigenvalue weighted by atomic mass is 9.98. The fourth-order valence-electron chi connectivity index (χ4n) is 3.32. The van der Waals surface area contributed by atoms with Crippen molar-refractivity contribution < 1.29 is 21.6 Å². The maximum absolute atomic E-state index is 12.6. The van der Waals surface area contributed by atoms with Crippen LogP contribution in [0.1, 0.15) is 32.6 Å². The van der Waals surface area contributed by atoms with Crippen LogP contribution < -0.4 is 10.6 Å². The summed E-state index contributed by atoms with van der Waals surface area (Å²) in [6.45, 7) is 5.23. The van der Waals surface area contributed by atoms with Crippen molar-refractivity contribution in [3.05, 3.63) is 0 Å². The van der Waals surface area contributed by atoms with E-state index in [4.69, 9.17) is 0 Å². The number of rotatable bonds is 8. The molecule has 2 N–H and O–H groups in total. The lowest BCUT2D eigenvalue weighted by Crippen LogP contribution is -2.47. The highest BCUT2D eigenvalue weighted by Crippen LogP contribution is 2.30. The van der Waals surface area contributed by atoms with Gasteiger partial charge in [0.2, 0.25) is 0 Å². The maximum atomic E-state index is 12.6. The molecule has 0 unspecified atom stereocenters. The molecule has 0 aromatic rings. The Morgan fingerprint density at radius 3 is 2.30 bits per heavy atom. The number of halogens is 3. The third kappa shape index (κ3) is 6.21. The van der Waals surface area contributed by atoms with Gasteiger partial charge in [0.15, 0.2) is 5.96 Å². The second-order valence-corrected chi connectivity index (χ2v) is 8.96. The first-order valence-electron chi connectivity index (χ1n) is 9.44. The first-order valence-corrected chi connectivity index (χ1v) is 10.9. The molecule has 0 aromatic carbocycles. The summed E-state index contributed by atoms with van der Waals surface area (Å²) < 4.78 is 61.2. The summed E-state index contributed by atoms with van der Waals surface area (Å²) >= 11 is 0. The van der Waals surface area contributed by atoms with Crippen molar-refractivity contribution in [3.8, 4) is 0 Å². The molecular weight excluding hydrogens is 383 g/mol. The van der Waals surface area contributed by atoms with E-state index in [9.17, 15) is 21.6 Å². The first kappa shape index (κ1) is 22.2. The summed E-state index contributed by atoms with van der Waals surface area (Å²) in [5, 5.41) is 6.44. The van der Waals surface area contributed by atoms with Crippen molar-refractivity contribution in [3.63, 3.8) is 0 Å². The zero-order valence-electron chi connectivity index (χ0n) is 15.9.